The van der Waals surface area contributed by atoms with Crippen LogP contribution < -0.4 is 11.3 Å². The number of aliphatic hydroxyl groups excluding tert-OH is 1. The SMILES string of the molecule is NNC(=O)c1ccoc1CN(CCO)Cc1ccccc1. The summed E-state index contributed by atoms with van der Waals surface area (Å²) < 4.78 is 5.36. The highest BCUT2D eigenvalue weighted by Crippen LogP contribution is 2.15. The van der Waals surface area contributed by atoms with E-state index in [1.807, 2.05) is 35.2 Å². The van der Waals surface area contributed by atoms with Crippen LogP contribution in [0.3, 0.4) is 0 Å². The number of nitrogen functional groups attached to an aromatic ring is 1. The molecule has 1 aromatic heterocycles. The van der Waals surface area contributed by atoms with E-state index in [4.69, 9.17) is 10.3 Å². The van der Waals surface area contributed by atoms with Gasteiger partial charge < -0.3 is 9.52 Å². The first kappa shape index (κ1) is 15.2. The van der Waals surface area contributed by atoms with Crippen LogP contribution in [0.4, 0.5) is 0 Å². The van der Waals surface area contributed by atoms with Crippen molar-refractivity contribution in [2.24, 2.45) is 5.84 Å². The second-order valence-electron chi connectivity index (χ2n) is 4.65. The normalized spacial score (nSPS) is 10.8. The van der Waals surface area contributed by atoms with E-state index in [1.54, 1.807) is 6.07 Å². The summed E-state index contributed by atoms with van der Waals surface area (Å²) in [5.74, 6) is 5.29. The Morgan fingerprint density at radius 1 is 1.24 bits per heavy atom. The number of aliphatic hydroxyl groups is 1. The van der Waals surface area contributed by atoms with Gasteiger partial charge in [-0.3, -0.25) is 15.1 Å². The Bertz CT molecular complexity index is 569. The van der Waals surface area contributed by atoms with Gasteiger partial charge in [0.1, 0.15) is 5.76 Å². The van der Waals surface area contributed by atoms with Gasteiger partial charge in [-0.2, -0.15) is 0 Å². The molecule has 6 nitrogen and oxygen atoms in total. The molecule has 0 saturated carbocycles. The van der Waals surface area contributed by atoms with Crippen molar-refractivity contribution in [3.63, 3.8) is 0 Å². The second-order valence-corrected chi connectivity index (χ2v) is 4.65. The lowest BCUT2D eigenvalue weighted by Gasteiger charge is -2.20. The minimum atomic E-state index is -0.387. The highest BCUT2D eigenvalue weighted by Gasteiger charge is 2.16. The maximum atomic E-state index is 11.6. The largest absolute Gasteiger partial charge is 0.467 e. The zero-order valence-electron chi connectivity index (χ0n) is 11.7. The number of nitrogens with two attached hydrogens (primary N) is 1. The fourth-order valence-corrected chi connectivity index (χ4v) is 2.14. The van der Waals surface area contributed by atoms with Crippen LogP contribution in [-0.2, 0) is 13.1 Å². The van der Waals surface area contributed by atoms with Gasteiger partial charge in [0, 0.05) is 13.1 Å². The van der Waals surface area contributed by atoms with E-state index < -0.39 is 0 Å². The molecule has 112 valence electrons. The summed E-state index contributed by atoms with van der Waals surface area (Å²) in [6.07, 6.45) is 1.46. The summed E-state index contributed by atoms with van der Waals surface area (Å²) in [6, 6.07) is 11.5. The van der Waals surface area contributed by atoms with Crippen molar-refractivity contribution >= 4 is 5.91 Å². The molecular formula is C15H19N3O3. The molecule has 0 atom stereocenters. The van der Waals surface area contributed by atoms with Crippen molar-refractivity contribution in [2.45, 2.75) is 13.1 Å². The number of carbonyl (C=O) groups is 1. The van der Waals surface area contributed by atoms with Gasteiger partial charge in [-0.1, -0.05) is 30.3 Å². The number of hydrogen-bond acceptors (Lipinski definition) is 5. The molecule has 0 saturated heterocycles. The van der Waals surface area contributed by atoms with Gasteiger partial charge in [0.05, 0.1) is 25.0 Å². The maximum Gasteiger partial charge on any atom is 0.268 e. The molecule has 6 heteroatoms. The quantitative estimate of drug-likeness (QED) is 0.400. The van der Waals surface area contributed by atoms with Gasteiger partial charge >= 0.3 is 0 Å². The number of hydrogen-bond donors (Lipinski definition) is 3. The molecule has 0 spiro atoms. The molecule has 0 fully saturated rings. The van der Waals surface area contributed by atoms with Gasteiger partial charge in [-0.25, -0.2) is 5.84 Å². The first-order valence-corrected chi connectivity index (χ1v) is 6.69. The summed E-state index contributed by atoms with van der Waals surface area (Å²) in [6.45, 7) is 1.60. The van der Waals surface area contributed by atoms with Crippen LogP contribution in [0.15, 0.2) is 47.1 Å². The van der Waals surface area contributed by atoms with Crippen LogP contribution >= 0.6 is 0 Å². The number of rotatable bonds is 7. The highest BCUT2D eigenvalue weighted by molar-refractivity contribution is 5.94. The zero-order chi connectivity index (χ0) is 15.1. The zero-order valence-corrected chi connectivity index (χ0v) is 11.7. The van der Waals surface area contributed by atoms with Crippen LogP contribution in [0.1, 0.15) is 21.7 Å². The van der Waals surface area contributed by atoms with Gasteiger partial charge in [0.2, 0.25) is 0 Å². The van der Waals surface area contributed by atoms with Gasteiger partial charge in [0.15, 0.2) is 0 Å². The molecular weight excluding hydrogens is 270 g/mol. The monoisotopic (exact) mass is 289 g/mol. The van der Waals surface area contributed by atoms with Gasteiger partial charge in [0.25, 0.3) is 5.91 Å². The standard InChI is InChI=1S/C15H19N3O3/c16-17-15(20)13-6-9-21-14(13)11-18(7-8-19)10-12-4-2-1-3-5-12/h1-6,9,19H,7-8,10-11,16H2,(H,17,20). The molecule has 1 aromatic carbocycles. The number of nitrogens with one attached hydrogen (secondary N) is 1. The summed E-state index contributed by atoms with van der Waals surface area (Å²) in [7, 11) is 0. The van der Waals surface area contributed by atoms with Crippen molar-refractivity contribution in [3.05, 3.63) is 59.5 Å². The second kappa shape index (κ2) is 7.58. The van der Waals surface area contributed by atoms with E-state index in [0.717, 1.165) is 5.56 Å². The third-order valence-corrected chi connectivity index (χ3v) is 3.15. The summed E-state index contributed by atoms with van der Waals surface area (Å²) in [5, 5.41) is 9.20. The van der Waals surface area contributed by atoms with Gasteiger partial charge in [-0.05, 0) is 11.6 Å². The van der Waals surface area contributed by atoms with E-state index in [1.165, 1.54) is 6.26 Å². The summed E-state index contributed by atoms with van der Waals surface area (Å²) in [5.41, 5.74) is 3.63. The lowest BCUT2D eigenvalue weighted by molar-refractivity contribution is 0.0949. The average Bonchev–Trinajstić information content (AvgIpc) is 2.96. The first-order valence-electron chi connectivity index (χ1n) is 6.69. The van der Waals surface area contributed by atoms with Crippen molar-refractivity contribution in [3.8, 4) is 0 Å². The van der Waals surface area contributed by atoms with Crippen LogP contribution in [0.2, 0.25) is 0 Å². The molecule has 0 radical (unpaired) electrons. The molecule has 21 heavy (non-hydrogen) atoms. The van der Waals surface area contributed by atoms with Crippen molar-refractivity contribution < 1.29 is 14.3 Å². The number of nitrogens with zero attached hydrogens (tertiary/aromatic N) is 1. The molecule has 1 heterocycles. The average molecular weight is 289 g/mol. The molecule has 0 aliphatic heterocycles. The number of amides is 1. The van der Waals surface area contributed by atoms with E-state index in [2.05, 4.69) is 5.43 Å². The highest BCUT2D eigenvalue weighted by atomic mass is 16.3. The number of furan rings is 1. The lowest BCUT2D eigenvalue weighted by Crippen LogP contribution is -2.32. The Kier molecular flexibility index (Phi) is 5.51. The van der Waals surface area contributed by atoms with Crippen LogP contribution in [0, 0.1) is 0 Å². The lowest BCUT2D eigenvalue weighted by atomic mass is 10.2. The fraction of sp³-hybridized carbons (Fsp3) is 0.267. The molecule has 4 N–H and O–H groups in total. The maximum absolute atomic E-state index is 11.6. The topological polar surface area (TPSA) is 91.7 Å². The molecule has 0 bridgehead atoms. The van der Waals surface area contributed by atoms with E-state index in [9.17, 15) is 9.90 Å². The Labute approximate surface area is 123 Å². The Balaban J connectivity index is 2.09. The van der Waals surface area contributed by atoms with Gasteiger partial charge in [-0.15, -0.1) is 0 Å². The van der Waals surface area contributed by atoms with Crippen molar-refractivity contribution in [2.75, 3.05) is 13.2 Å². The number of carbonyl (C=O) groups excluding carboxylic acids is 1. The van der Waals surface area contributed by atoms with Crippen molar-refractivity contribution in [1.82, 2.24) is 10.3 Å². The molecule has 1 amide bonds. The molecule has 0 unspecified atom stereocenters. The minimum Gasteiger partial charge on any atom is -0.467 e. The number of benzene rings is 1. The fourth-order valence-electron chi connectivity index (χ4n) is 2.14. The minimum absolute atomic E-state index is 0.0337. The third kappa shape index (κ3) is 4.16. The van der Waals surface area contributed by atoms with Crippen molar-refractivity contribution in [1.29, 1.82) is 0 Å². The Hall–Kier alpha value is -2.15. The third-order valence-electron chi connectivity index (χ3n) is 3.15. The Morgan fingerprint density at radius 3 is 2.67 bits per heavy atom. The Morgan fingerprint density at radius 2 is 2.00 bits per heavy atom. The van der Waals surface area contributed by atoms with Crippen LogP contribution in [-0.4, -0.2) is 29.1 Å². The van der Waals surface area contributed by atoms with E-state index in [-0.39, 0.29) is 12.5 Å². The smallest absolute Gasteiger partial charge is 0.268 e. The summed E-state index contributed by atoms with van der Waals surface area (Å²) in [4.78, 5) is 13.6. The van der Waals surface area contributed by atoms with E-state index >= 15 is 0 Å². The van der Waals surface area contributed by atoms with E-state index in [0.29, 0.717) is 31.0 Å². The molecule has 2 rings (SSSR count). The predicted octanol–water partition coefficient (Wildman–Crippen LogP) is 0.878. The molecule has 2 aromatic rings. The number of hydrazine groups is 1. The van der Waals surface area contributed by atoms with Crippen LogP contribution in [0.25, 0.3) is 0 Å². The first-order chi connectivity index (χ1) is 10.2. The molecule has 0 aliphatic rings. The molecule has 0 aliphatic carbocycles. The van der Waals surface area contributed by atoms with Crippen LogP contribution in [0.5, 0.6) is 0 Å². The summed E-state index contributed by atoms with van der Waals surface area (Å²) >= 11 is 0. The predicted molar refractivity (Wildman–Crippen MR) is 78.0 cm³/mol.